The van der Waals surface area contributed by atoms with Crippen molar-refractivity contribution in [2.24, 2.45) is 0 Å². The van der Waals surface area contributed by atoms with E-state index in [2.05, 4.69) is 64.2 Å². The molecule has 25 heteroatoms. The molecule has 0 bridgehead atoms. The molecule has 0 fully saturated rings. The molecule has 4 heterocycles. The summed E-state index contributed by atoms with van der Waals surface area (Å²) in [7, 11) is 7.92. The van der Waals surface area contributed by atoms with Gasteiger partial charge in [0, 0.05) is 99.1 Å². The summed E-state index contributed by atoms with van der Waals surface area (Å²) in [5.74, 6) is 0.873. The Morgan fingerprint density at radius 3 is 1.27 bits per heavy atom. The van der Waals surface area contributed by atoms with Crippen LogP contribution in [0.1, 0.15) is 0 Å². The van der Waals surface area contributed by atoms with E-state index >= 15 is 0 Å². The fourth-order valence-electron chi connectivity index (χ4n) is 8.45. The highest BCUT2D eigenvalue weighted by atomic mass is 35.5. The highest BCUT2D eigenvalue weighted by Crippen LogP contribution is 2.40. The largest absolute Gasteiger partial charge is 0.494 e. The van der Waals surface area contributed by atoms with Gasteiger partial charge in [0.05, 0.1) is 83.3 Å². The number of fused-ring (bicyclic) bond motifs is 2. The average molecular weight is 1160 g/mol. The number of benzene rings is 4. The van der Waals surface area contributed by atoms with E-state index in [1.807, 2.05) is 88.5 Å². The van der Waals surface area contributed by atoms with Crippen LogP contribution in [0.25, 0.3) is 44.3 Å². The maximum absolute atomic E-state index is 12.4. The molecule has 81 heavy (non-hydrogen) atoms. The summed E-state index contributed by atoms with van der Waals surface area (Å²) in [4.78, 5) is 50.8. The molecule has 8 rings (SSSR count). The standard InChI is InChI=1S/2C28H33N7O4S.ClH/c2*1-7-27(36)30-22-16-23(26(39-5)17-25(22)34(4)15-14-33(2)3)32-28-29-13-12-21(31-28)20-18-35(40(6,37)38)24-11-9-8-10-19(20)24;/h2*7-13,16-18H,1,14-15H2,2-6H3,(H,30,36)(H,29,31,32);1H. The van der Waals surface area contributed by atoms with Crippen LogP contribution in [0.4, 0.5) is 46.0 Å². The Morgan fingerprint density at radius 2 is 0.938 bits per heavy atom. The van der Waals surface area contributed by atoms with E-state index in [0.717, 1.165) is 47.7 Å². The Balaban J connectivity index is 0.000000258. The minimum Gasteiger partial charge on any atom is -0.494 e. The van der Waals surface area contributed by atoms with Crippen molar-refractivity contribution in [2.75, 3.05) is 126 Å². The number of likely N-dealkylation sites (N-methyl/N-ethyl adjacent to an activating group) is 4. The van der Waals surface area contributed by atoms with E-state index in [9.17, 15) is 26.4 Å². The van der Waals surface area contributed by atoms with Crippen molar-refractivity contribution in [1.82, 2.24) is 37.7 Å². The quantitative estimate of drug-likeness (QED) is 0.0470. The number of rotatable bonds is 22. The second-order valence-corrected chi connectivity index (χ2v) is 22.7. The molecule has 0 unspecified atom stereocenters. The average Bonchev–Trinajstić information content (AvgIpc) is 4.03. The molecule has 0 spiro atoms. The summed E-state index contributed by atoms with van der Waals surface area (Å²) in [5.41, 5.74) is 7.20. The van der Waals surface area contributed by atoms with Gasteiger partial charge in [-0.25, -0.2) is 44.7 Å². The summed E-state index contributed by atoms with van der Waals surface area (Å²) >= 11 is 0. The SMILES string of the molecule is C=CC(=O)Nc1cc(Nc2nccc(-c3cn(S(C)(=O)=O)c4ccccc34)n2)c(OC)cc1N(C)CCN(C)C.C=CC(=O)Nc1cc(Nc2nccc(-c3cn(S(C)(=O)=O)c4ccccc34)n2)c(OC)cc1N(C)CCN(C)C.Cl. The van der Waals surface area contributed by atoms with Crippen LogP contribution in [0.2, 0.25) is 0 Å². The first-order valence-corrected chi connectivity index (χ1v) is 28.6. The van der Waals surface area contributed by atoms with Crippen LogP contribution in [0.15, 0.2) is 135 Å². The maximum atomic E-state index is 12.4. The van der Waals surface area contributed by atoms with Gasteiger partial charge in [0.1, 0.15) is 11.5 Å². The Bertz CT molecular complexity index is 3580. The number of carbonyl (C=O) groups is 2. The topological polar surface area (TPSA) is 243 Å². The van der Waals surface area contributed by atoms with E-state index in [1.165, 1.54) is 20.1 Å². The third-order valence-corrected chi connectivity index (χ3v) is 14.6. The molecule has 22 nitrogen and oxygen atoms in total. The van der Waals surface area contributed by atoms with Gasteiger partial charge in [-0.1, -0.05) is 49.6 Å². The Kier molecular flexibility index (Phi) is 20.3. The molecule has 0 radical (unpaired) electrons. The van der Waals surface area contributed by atoms with Gasteiger partial charge in [-0.3, -0.25) is 9.59 Å². The van der Waals surface area contributed by atoms with Gasteiger partial charge in [0.25, 0.3) is 0 Å². The fourth-order valence-corrected chi connectivity index (χ4v) is 10.1. The van der Waals surface area contributed by atoms with Gasteiger partial charge < -0.3 is 50.3 Å². The van der Waals surface area contributed by atoms with Crippen molar-refractivity contribution in [3.63, 3.8) is 0 Å². The lowest BCUT2D eigenvalue weighted by molar-refractivity contribution is -0.112. The van der Waals surface area contributed by atoms with E-state index in [0.29, 0.717) is 80.9 Å². The van der Waals surface area contributed by atoms with Gasteiger partial charge in [0.2, 0.25) is 43.8 Å². The molecule has 0 saturated heterocycles. The smallest absolute Gasteiger partial charge is 0.247 e. The van der Waals surface area contributed by atoms with Crippen LogP contribution >= 0.6 is 12.4 Å². The molecular formula is C56H67ClN14O8S2. The van der Waals surface area contributed by atoms with Crippen molar-refractivity contribution < 1.29 is 35.9 Å². The third-order valence-electron chi connectivity index (χ3n) is 12.5. The number of amides is 2. The number of para-hydroxylation sites is 2. The predicted molar refractivity (Wildman–Crippen MR) is 328 cm³/mol. The van der Waals surface area contributed by atoms with Gasteiger partial charge in [-0.05, 0) is 76.7 Å². The van der Waals surface area contributed by atoms with Crippen LogP contribution in [0.5, 0.6) is 11.5 Å². The van der Waals surface area contributed by atoms with Crippen LogP contribution in [-0.2, 0) is 29.6 Å². The van der Waals surface area contributed by atoms with Crippen molar-refractivity contribution in [3.05, 3.63) is 135 Å². The van der Waals surface area contributed by atoms with Gasteiger partial charge in [-0.2, -0.15) is 0 Å². The predicted octanol–water partition coefficient (Wildman–Crippen LogP) is 7.98. The number of methoxy groups -OCH3 is 2. The monoisotopic (exact) mass is 1160 g/mol. The molecular weight excluding hydrogens is 1100 g/mol. The van der Waals surface area contributed by atoms with E-state index in [-0.39, 0.29) is 36.1 Å². The summed E-state index contributed by atoms with van der Waals surface area (Å²) < 4.78 is 63.5. The normalized spacial score (nSPS) is 11.3. The highest BCUT2D eigenvalue weighted by Gasteiger charge is 2.22. The van der Waals surface area contributed by atoms with E-state index in [4.69, 9.17) is 9.47 Å². The Hall–Kier alpha value is -8.55. The summed E-state index contributed by atoms with van der Waals surface area (Å²) in [5, 5.41) is 13.6. The number of hydrogen-bond acceptors (Lipinski definition) is 18. The van der Waals surface area contributed by atoms with Gasteiger partial charge in [0.15, 0.2) is 0 Å². The lowest BCUT2D eigenvalue weighted by atomic mass is 10.1. The van der Waals surface area contributed by atoms with Crippen LogP contribution < -0.4 is 40.5 Å². The van der Waals surface area contributed by atoms with Gasteiger partial charge in [-0.15, -0.1) is 12.4 Å². The van der Waals surface area contributed by atoms with Crippen molar-refractivity contribution >= 4 is 112 Å². The molecule has 4 N–H and O–H groups in total. The van der Waals surface area contributed by atoms with Crippen LogP contribution in [-0.4, -0.2) is 162 Å². The van der Waals surface area contributed by atoms with Crippen LogP contribution in [0, 0.1) is 0 Å². The zero-order chi connectivity index (χ0) is 58.1. The number of aromatic nitrogens is 6. The molecule has 0 aliphatic carbocycles. The number of anilines is 8. The van der Waals surface area contributed by atoms with Crippen molar-refractivity contribution in [1.29, 1.82) is 0 Å². The molecule has 2 amide bonds. The first kappa shape index (κ1) is 61.7. The summed E-state index contributed by atoms with van der Waals surface area (Å²) in [6.45, 7) is 10.2. The lowest BCUT2D eigenvalue weighted by Gasteiger charge is -2.26. The molecule has 428 valence electrons. The first-order chi connectivity index (χ1) is 38.0. The zero-order valence-electron chi connectivity index (χ0n) is 46.8. The molecule has 0 aliphatic heterocycles. The molecule has 4 aromatic heterocycles. The fraction of sp³-hybridized carbons (Fsp3) is 0.250. The number of ether oxygens (including phenoxy) is 2. The lowest BCUT2D eigenvalue weighted by Crippen LogP contribution is -2.29. The second kappa shape index (κ2) is 26.6. The van der Waals surface area contributed by atoms with Crippen LogP contribution in [0.3, 0.4) is 0 Å². The number of carbonyl (C=O) groups excluding carboxylic acids is 2. The molecule has 0 atom stereocenters. The Labute approximate surface area is 478 Å². The minimum absolute atomic E-state index is 0. The molecule has 4 aromatic carbocycles. The summed E-state index contributed by atoms with van der Waals surface area (Å²) in [6, 6.07) is 25.1. The molecule has 8 aromatic rings. The number of nitrogens with one attached hydrogen (secondary N) is 4. The third kappa shape index (κ3) is 15.0. The van der Waals surface area contributed by atoms with E-state index in [1.54, 1.807) is 87.5 Å². The molecule has 0 aliphatic rings. The van der Waals surface area contributed by atoms with Crippen molar-refractivity contribution in [3.8, 4) is 34.0 Å². The van der Waals surface area contributed by atoms with Crippen molar-refractivity contribution in [2.45, 2.75) is 0 Å². The number of hydrogen-bond donors (Lipinski definition) is 4. The minimum atomic E-state index is -3.53. The maximum Gasteiger partial charge on any atom is 0.247 e. The molecule has 0 saturated carbocycles. The number of halogens is 1. The zero-order valence-corrected chi connectivity index (χ0v) is 49.2. The second-order valence-electron chi connectivity index (χ2n) is 19.0. The van der Waals surface area contributed by atoms with E-state index < -0.39 is 20.0 Å². The Morgan fingerprint density at radius 1 is 0.568 bits per heavy atom. The summed E-state index contributed by atoms with van der Waals surface area (Å²) in [6.07, 6.45) is 11.0. The first-order valence-electron chi connectivity index (χ1n) is 24.9. The number of nitrogens with zero attached hydrogens (tertiary/aromatic N) is 10. The van der Waals surface area contributed by atoms with Gasteiger partial charge >= 0.3 is 0 Å². The highest BCUT2D eigenvalue weighted by molar-refractivity contribution is 7.89.